The minimum atomic E-state index is -1.86. The summed E-state index contributed by atoms with van der Waals surface area (Å²) in [5.74, 6) is -2.42. The fraction of sp³-hybridized carbons (Fsp3) is 0.936. The first-order valence-corrected chi connectivity index (χ1v) is 24.1. The number of unbranched alkanes of at least 4 members (excludes halogenated alkanes) is 30. The molecule has 342 valence electrons. The number of carbonyl (C=O) groups is 3. The zero-order valence-electron chi connectivity index (χ0n) is 37.1. The molecular weight excluding hydrogens is 741 g/mol. The predicted molar refractivity (Wildman–Crippen MR) is 229 cm³/mol. The van der Waals surface area contributed by atoms with Crippen LogP contribution < -0.4 is 0 Å². The van der Waals surface area contributed by atoms with Crippen LogP contribution in [-0.2, 0) is 33.3 Å². The van der Waals surface area contributed by atoms with E-state index in [1.807, 2.05) is 0 Å². The van der Waals surface area contributed by atoms with E-state index in [1.165, 1.54) is 154 Å². The third-order valence-electron chi connectivity index (χ3n) is 11.5. The minimum Gasteiger partial charge on any atom is -0.479 e. The Balaban J connectivity index is 2.32. The third-order valence-corrected chi connectivity index (χ3v) is 11.5. The van der Waals surface area contributed by atoms with E-state index < -0.39 is 54.7 Å². The number of aliphatic carboxylic acids is 1. The maximum atomic E-state index is 12.8. The second-order valence-corrected chi connectivity index (χ2v) is 17.0. The van der Waals surface area contributed by atoms with Gasteiger partial charge < -0.3 is 39.4 Å². The Morgan fingerprint density at radius 2 is 0.810 bits per heavy atom. The summed E-state index contributed by atoms with van der Waals surface area (Å²) in [6.45, 7) is 3.85. The first kappa shape index (κ1) is 54.2. The van der Waals surface area contributed by atoms with E-state index in [-0.39, 0.29) is 26.1 Å². The lowest BCUT2D eigenvalue weighted by atomic mass is 9.99. The van der Waals surface area contributed by atoms with E-state index in [0.29, 0.717) is 12.8 Å². The number of carboxylic acids is 1. The van der Waals surface area contributed by atoms with E-state index in [4.69, 9.17) is 18.9 Å². The minimum absolute atomic E-state index is 0.191. The van der Waals surface area contributed by atoms with E-state index in [9.17, 15) is 34.8 Å². The van der Waals surface area contributed by atoms with Crippen molar-refractivity contribution in [3.8, 4) is 0 Å². The SMILES string of the molecule is CCCCCCCCCCCCCCCCCCCC(=O)OCC(COC1OC(C(=O)O)C(O)C(O)C1O)OC(=O)CCCCCCCCCCCCCCCCC. The van der Waals surface area contributed by atoms with E-state index >= 15 is 0 Å². The van der Waals surface area contributed by atoms with Crippen molar-refractivity contribution in [1.82, 2.24) is 0 Å². The van der Waals surface area contributed by atoms with Crippen molar-refractivity contribution in [3.05, 3.63) is 0 Å². The van der Waals surface area contributed by atoms with Gasteiger partial charge in [0.05, 0.1) is 6.61 Å². The Morgan fingerprint density at radius 3 is 1.17 bits per heavy atom. The molecule has 0 bridgehead atoms. The molecule has 1 aliphatic rings. The van der Waals surface area contributed by atoms with Crippen LogP contribution >= 0.6 is 0 Å². The molecule has 0 aliphatic carbocycles. The summed E-state index contributed by atoms with van der Waals surface area (Å²) in [5.41, 5.74) is 0. The Morgan fingerprint density at radius 1 is 0.466 bits per heavy atom. The quantitative estimate of drug-likeness (QED) is 0.0342. The van der Waals surface area contributed by atoms with Crippen LogP contribution in [0.15, 0.2) is 0 Å². The highest BCUT2D eigenvalue weighted by Crippen LogP contribution is 2.23. The molecule has 0 saturated carbocycles. The molecule has 6 unspecified atom stereocenters. The highest BCUT2D eigenvalue weighted by molar-refractivity contribution is 5.73. The van der Waals surface area contributed by atoms with Crippen molar-refractivity contribution in [2.75, 3.05) is 13.2 Å². The molecule has 11 nitrogen and oxygen atoms in total. The standard InChI is InChI=1S/C47H88O11/c1-3-5-7-9-11-13-15-17-19-20-22-23-25-27-29-31-33-35-40(48)55-37-39(38-56-47-44(52)42(50)43(51)45(58-47)46(53)54)57-41(49)36-34-32-30-28-26-24-21-18-16-14-12-10-8-6-4-2/h39,42-45,47,50-52H,3-38H2,1-2H3,(H,53,54). The van der Waals surface area contributed by atoms with Crippen molar-refractivity contribution in [2.45, 2.75) is 269 Å². The van der Waals surface area contributed by atoms with Gasteiger partial charge in [0, 0.05) is 12.8 Å². The summed E-state index contributed by atoms with van der Waals surface area (Å²) in [4.78, 5) is 36.9. The third kappa shape index (κ3) is 29.4. The molecule has 4 N–H and O–H groups in total. The van der Waals surface area contributed by atoms with Crippen molar-refractivity contribution in [2.24, 2.45) is 0 Å². The normalized spacial score (nSPS) is 19.9. The summed E-state index contributed by atoms with van der Waals surface area (Å²) in [6.07, 6.45) is 30.1. The maximum absolute atomic E-state index is 12.8. The highest BCUT2D eigenvalue weighted by atomic mass is 16.7. The molecule has 1 aliphatic heterocycles. The molecule has 1 saturated heterocycles. The lowest BCUT2D eigenvalue weighted by Gasteiger charge is -2.38. The molecule has 1 fully saturated rings. The topological polar surface area (TPSA) is 169 Å². The number of ether oxygens (including phenoxy) is 4. The number of rotatable bonds is 41. The second kappa shape index (κ2) is 38.2. The average molecular weight is 829 g/mol. The van der Waals surface area contributed by atoms with Crippen LogP contribution in [0.5, 0.6) is 0 Å². The fourth-order valence-electron chi connectivity index (χ4n) is 7.65. The van der Waals surface area contributed by atoms with Gasteiger partial charge in [-0.2, -0.15) is 0 Å². The second-order valence-electron chi connectivity index (χ2n) is 17.0. The summed E-state index contributed by atoms with van der Waals surface area (Å²) in [6, 6.07) is 0. The maximum Gasteiger partial charge on any atom is 0.335 e. The van der Waals surface area contributed by atoms with Crippen LogP contribution in [0, 0.1) is 0 Å². The summed E-state index contributed by atoms with van der Waals surface area (Å²) < 4.78 is 21.8. The van der Waals surface area contributed by atoms with Gasteiger partial charge in [0.1, 0.15) is 24.9 Å². The molecule has 0 aromatic carbocycles. The molecule has 58 heavy (non-hydrogen) atoms. The molecule has 1 rings (SSSR count). The zero-order chi connectivity index (χ0) is 42.5. The van der Waals surface area contributed by atoms with Crippen LogP contribution in [-0.4, -0.2) is 88.4 Å². The monoisotopic (exact) mass is 829 g/mol. The summed E-state index contributed by atoms with van der Waals surface area (Å²) in [5, 5.41) is 39.8. The molecule has 6 atom stereocenters. The average Bonchev–Trinajstić information content (AvgIpc) is 3.21. The largest absolute Gasteiger partial charge is 0.479 e. The Kier molecular flexibility index (Phi) is 35.7. The van der Waals surface area contributed by atoms with Gasteiger partial charge in [-0.15, -0.1) is 0 Å². The van der Waals surface area contributed by atoms with Gasteiger partial charge in [-0.05, 0) is 12.8 Å². The molecule has 1 heterocycles. The smallest absolute Gasteiger partial charge is 0.335 e. The van der Waals surface area contributed by atoms with Gasteiger partial charge in [0.25, 0.3) is 0 Å². The van der Waals surface area contributed by atoms with Crippen molar-refractivity contribution < 1.29 is 53.8 Å². The first-order valence-electron chi connectivity index (χ1n) is 24.1. The fourth-order valence-corrected chi connectivity index (χ4v) is 7.65. The van der Waals surface area contributed by atoms with Crippen LogP contribution in [0.25, 0.3) is 0 Å². The van der Waals surface area contributed by atoms with Gasteiger partial charge in [-0.25, -0.2) is 4.79 Å². The lowest BCUT2D eigenvalue weighted by molar-refractivity contribution is -0.298. The van der Waals surface area contributed by atoms with Gasteiger partial charge in [-0.3, -0.25) is 9.59 Å². The van der Waals surface area contributed by atoms with Crippen molar-refractivity contribution >= 4 is 17.9 Å². The number of carboxylic acid groups (broad SMARTS) is 1. The van der Waals surface area contributed by atoms with E-state index in [1.54, 1.807) is 0 Å². The lowest BCUT2D eigenvalue weighted by Crippen LogP contribution is -2.60. The number of carbonyl (C=O) groups excluding carboxylic acids is 2. The van der Waals surface area contributed by atoms with Gasteiger partial charge in [0.2, 0.25) is 0 Å². The Hall–Kier alpha value is -1.79. The van der Waals surface area contributed by atoms with Gasteiger partial charge in [-0.1, -0.05) is 206 Å². The van der Waals surface area contributed by atoms with Crippen LogP contribution in [0.1, 0.15) is 232 Å². The zero-order valence-corrected chi connectivity index (χ0v) is 37.1. The number of aliphatic hydroxyl groups is 3. The number of hydrogen-bond donors (Lipinski definition) is 4. The van der Waals surface area contributed by atoms with E-state index in [0.717, 1.165) is 38.5 Å². The predicted octanol–water partition coefficient (Wildman–Crippen LogP) is 10.7. The van der Waals surface area contributed by atoms with Gasteiger partial charge >= 0.3 is 17.9 Å². The van der Waals surface area contributed by atoms with Crippen molar-refractivity contribution in [3.63, 3.8) is 0 Å². The van der Waals surface area contributed by atoms with Gasteiger partial charge in [0.15, 0.2) is 18.5 Å². The summed E-state index contributed by atoms with van der Waals surface area (Å²) >= 11 is 0. The Bertz CT molecular complexity index is 978. The number of esters is 2. The van der Waals surface area contributed by atoms with E-state index in [2.05, 4.69) is 13.8 Å². The molecule has 0 aromatic rings. The molecule has 11 heteroatoms. The Labute approximate surface area is 353 Å². The van der Waals surface area contributed by atoms with Crippen molar-refractivity contribution in [1.29, 1.82) is 0 Å². The highest BCUT2D eigenvalue weighted by Gasteiger charge is 2.47. The molecule has 0 spiro atoms. The first-order chi connectivity index (χ1) is 28.2. The molecule has 0 amide bonds. The van der Waals surface area contributed by atoms with Crippen LogP contribution in [0.3, 0.4) is 0 Å². The van der Waals surface area contributed by atoms with Crippen LogP contribution in [0.2, 0.25) is 0 Å². The molecular formula is C47H88O11. The van der Waals surface area contributed by atoms with Crippen LogP contribution in [0.4, 0.5) is 0 Å². The molecule has 0 aromatic heterocycles. The molecule has 0 radical (unpaired) electrons. The summed E-state index contributed by atoms with van der Waals surface area (Å²) in [7, 11) is 0. The number of hydrogen-bond acceptors (Lipinski definition) is 10. The number of aliphatic hydroxyl groups excluding tert-OH is 3.